The van der Waals surface area contributed by atoms with E-state index in [0.717, 1.165) is 23.5 Å². The number of benzene rings is 3. The van der Waals surface area contributed by atoms with E-state index in [1.165, 1.54) is 5.56 Å². The maximum atomic E-state index is 14.2. The van der Waals surface area contributed by atoms with Crippen LogP contribution >= 0.6 is 7.14 Å². The first-order chi connectivity index (χ1) is 12.2. The van der Waals surface area contributed by atoms with Gasteiger partial charge in [-0.1, -0.05) is 104 Å². The lowest BCUT2D eigenvalue weighted by Gasteiger charge is -2.24. The Balaban J connectivity index is 1.93. The Morgan fingerprint density at radius 2 is 1.16 bits per heavy atom. The van der Waals surface area contributed by atoms with Crippen LogP contribution in [0.3, 0.4) is 0 Å². The monoisotopic (exact) mass is 348 g/mol. The molecule has 0 amide bonds. The second-order valence-electron chi connectivity index (χ2n) is 6.56. The van der Waals surface area contributed by atoms with Gasteiger partial charge in [0, 0.05) is 16.8 Å². The van der Waals surface area contributed by atoms with Gasteiger partial charge in [0.2, 0.25) is 0 Å². The third-order valence-corrected chi connectivity index (χ3v) is 8.10. The molecule has 0 saturated heterocycles. The highest BCUT2D eigenvalue weighted by atomic mass is 31.2. The smallest absolute Gasteiger partial charge is 0.143 e. The summed E-state index contributed by atoms with van der Waals surface area (Å²) in [5.41, 5.74) is 1.32. The van der Waals surface area contributed by atoms with E-state index in [1.54, 1.807) is 0 Å². The van der Waals surface area contributed by atoms with E-state index in [9.17, 15) is 4.57 Å². The summed E-state index contributed by atoms with van der Waals surface area (Å²) in [4.78, 5) is 0. The fraction of sp³-hybridized carbons (Fsp3) is 0.217. The van der Waals surface area contributed by atoms with Crippen molar-refractivity contribution < 1.29 is 4.57 Å². The van der Waals surface area contributed by atoms with Gasteiger partial charge in [-0.25, -0.2) is 0 Å². The zero-order valence-electron chi connectivity index (χ0n) is 14.7. The fourth-order valence-corrected chi connectivity index (χ4v) is 6.49. The van der Waals surface area contributed by atoms with Crippen LogP contribution in [0.5, 0.6) is 0 Å². The topological polar surface area (TPSA) is 17.1 Å². The lowest BCUT2D eigenvalue weighted by molar-refractivity contribution is 0.539. The van der Waals surface area contributed by atoms with E-state index in [-0.39, 0.29) is 0 Å². The molecule has 0 saturated carbocycles. The third-order valence-electron chi connectivity index (χ3n) is 4.81. The average molecular weight is 348 g/mol. The minimum Gasteiger partial charge on any atom is -0.314 e. The van der Waals surface area contributed by atoms with Gasteiger partial charge in [-0.15, -0.1) is 0 Å². The molecule has 128 valence electrons. The van der Waals surface area contributed by atoms with Crippen molar-refractivity contribution in [3.05, 3.63) is 96.6 Å². The molecular weight excluding hydrogens is 323 g/mol. The van der Waals surface area contributed by atoms with E-state index < -0.39 is 7.14 Å². The van der Waals surface area contributed by atoms with Crippen LogP contribution in [0, 0.1) is 5.92 Å². The quantitative estimate of drug-likeness (QED) is 0.532. The largest absolute Gasteiger partial charge is 0.314 e. The van der Waals surface area contributed by atoms with Crippen LogP contribution in [0.25, 0.3) is 0 Å². The van der Waals surface area contributed by atoms with Gasteiger partial charge < -0.3 is 4.57 Å². The summed E-state index contributed by atoms with van der Waals surface area (Å²) < 4.78 is 14.2. The van der Waals surface area contributed by atoms with E-state index in [2.05, 4.69) is 31.2 Å². The molecule has 2 heteroatoms. The Labute approximate surface area is 151 Å². The predicted molar refractivity (Wildman–Crippen MR) is 109 cm³/mol. The molecule has 0 aromatic heterocycles. The number of hydrogen-bond acceptors (Lipinski definition) is 1. The molecule has 0 spiro atoms. The van der Waals surface area contributed by atoms with Gasteiger partial charge in [0.25, 0.3) is 0 Å². The summed E-state index contributed by atoms with van der Waals surface area (Å²) in [6, 6.07) is 30.5. The van der Waals surface area contributed by atoms with Gasteiger partial charge in [0.15, 0.2) is 0 Å². The van der Waals surface area contributed by atoms with E-state index >= 15 is 0 Å². The van der Waals surface area contributed by atoms with Crippen molar-refractivity contribution >= 4 is 17.8 Å². The number of hydrogen-bond donors (Lipinski definition) is 0. The summed E-state index contributed by atoms with van der Waals surface area (Å²) in [7, 11) is -2.63. The molecule has 1 nitrogen and oxygen atoms in total. The maximum Gasteiger partial charge on any atom is 0.143 e. The molecule has 0 bridgehead atoms. The van der Waals surface area contributed by atoms with Crippen LogP contribution in [-0.4, -0.2) is 6.16 Å². The zero-order chi connectivity index (χ0) is 17.5. The first-order valence-corrected chi connectivity index (χ1v) is 10.9. The molecule has 3 aromatic rings. The third kappa shape index (κ3) is 4.30. The Morgan fingerprint density at radius 1 is 0.720 bits per heavy atom. The molecule has 0 aliphatic rings. The molecule has 0 N–H and O–H groups in total. The van der Waals surface area contributed by atoms with Gasteiger partial charge >= 0.3 is 0 Å². The second kappa shape index (κ2) is 8.32. The van der Waals surface area contributed by atoms with E-state index in [0.29, 0.717) is 12.1 Å². The van der Waals surface area contributed by atoms with Crippen LogP contribution in [0.15, 0.2) is 91.0 Å². The molecule has 3 aromatic carbocycles. The molecule has 3 rings (SSSR count). The van der Waals surface area contributed by atoms with Gasteiger partial charge in [-0.2, -0.15) is 0 Å². The normalized spacial score (nSPS) is 12.7. The maximum absolute atomic E-state index is 14.2. The van der Waals surface area contributed by atoms with E-state index in [4.69, 9.17) is 0 Å². The number of rotatable bonds is 7. The van der Waals surface area contributed by atoms with Crippen LogP contribution in [0.1, 0.15) is 18.9 Å². The Morgan fingerprint density at radius 3 is 1.60 bits per heavy atom. The highest BCUT2D eigenvalue weighted by molar-refractivity contribution is 7.78. The molecular formula is C23H25OP. The molecule has 0 fully saturated rings. The lowest BCUT2D eigenvalue weighted by Crippen LogP contribution is -2.23. The van der Waals surface area contributed by atoms with Gasteiger partial charge in [-0.05, 0) is 17.9 Å². The SMILES string of the molecule is CCC(Cc1ccccc1)CP(=O)(c1ccccc1)c1ccccc1. The summed E-state index contributed by atoms with van der Waals surface area (Å²) in [5, 5.41) is 1.93. The fourth-order valence-electron chi connectivity index (χ4n) is 3.35. The molecule has 0 radical (unpaired) electrons. The molecule has 0 aliphatic heterocycles. The van der Waals surface area contributed by atoms with Crippen LogP contribution < -0.4 is 10.6 Å². The van der Waals surface area contributed by atoms with Gasteiger partial charge in [0.05, 0.1) is 0 Å². The summed E-state index contributed by atoms with van der Waals surface area (Å²) >= 11 is 0. The zero-order valence-corrected chi connectivity index (χ0v) is 15.6. The molecule has 25 heavy (non-hydrogen) atoms. The molecule has 0 heterocycles. The average Bonchev–Trinajstić information content (AvgIpc) is 2.69. The Hall–Kier alpha value is -2.11. The van der Waals surface area contributed by atoms with E-state index in [1.807, 2.05) is 66.7 Å². The highest BCUT2D eigenvalue weighted by Crippen LogP contribution is 2.46. The summed E-state index contributed by atoms with van der Waals surface area (Å²) in [6.45, 7) is 2.20. The Kier molecular flexibility index (Phi) is 5.89. The first kappa shape index (κ1) is 17.7. The van der Waals surface area contributed by atoms with Crippen molar-refractivity contribution in [2.75, 3.05) is 6.16 Å². The summed E-state index contributed by atoms with van der Waals surface area (Å²) in [6.07, 6.45) is 2.71. The van der Waals surface area contributed by atoms with Crippen molar-refractivity contribution in [1.29, 1.82) is 0 Å². The second-order valence-corrected chi connectivity index (χ2v) is 9.43. The molecule has 1 atom stereocenters. The minimum atomic E-state index is -2.63. The van der Waals surface area contributed by atoms with Crippen molar-refractivity contribution in [2.45, 2.75) is 19.8 Å². The molecule has 1 unspecified atom stereocenters. The first-order valence-electron chi connectivity index (χ1n) is 8.96. The standard InChI is InChI=1S/C23H25OP/c1-2-20(18-21-12-6-3-7-13-21)19-25(24,22-14-8-4-9-15-22)23-16-10-5-11-17-23/h3-17,20H,2,18-19H2,1H3. The molecule has 0 aliphatic carbocycles. The van der Waals surface area contributed by atoms with Crippen molar-refractivity contribution in [2.24, 2.45) is 5.92 Å². The van der Waals surface area contributed by atoms with Gasteiger partial charge in [0.1, 0.15) is 7.14 Å². The van der Waals surface area contributed by atoms with Crippen LogP contribution in [0.2, 0.25) is 0 Å². The van der Waals surface area contributed by atoms with Crippen molar-refractivity contribution in [3.8, 4) is 0 Å². The predicted octanol–water partition coefficient (Wildman–Crippen LogP) is 5.27. The van der Waals surface area contributed by atoms with Gasteiger partial charge in [-0.3, -0.25) is 0 Å². The van der Waals surface area contributed by atoms with Crippen LogP contribution in [0.4, 0.5) is 0 Å². The Bertz CT molecular complexity index is 769. The summed E-state index contributed by atoms with van der Waals surface area (Å²) in [5.74, 6) is 0.397. The van der Waals surface area contributed by atoms with Crippen molar-refractivity contribution in [1.82, 2.24) is 0 Å². The lowest BCUT2D eigenvalue weighted by atomic mass is 9.99. The minimum absolute atomic E-state index is 0.397. The van der Waals surface area contributed by atoms with Crippen LogP contribution in [-0.2, 0) is 11.0 Å². The highest BCUT2D eigenvalue weighted by Gasteiger charge is 2.30. The van der Waals surface area contributed by atoms with Crippen molar-refractivity contribution in [3.63, 3.8) is 0 Å².